The lowest BCUT2D eigenvalue weighted by Gasteiger charge is -2.38. The maximum atomic E-state index is 11.4. The molecule has 1 heterocycles. The van der Waals surface area contributed by atoms with Gasteiger partial charge in [0.15, 0.2) is 0 Å². The highest BCUT2D eigenvalue weighted by molar-refractivity contribution is 5.74. The van der Waals surface area contributed by atoms with E-state index in [2.05, 4.69) is 0 Å². The van der Waals surface area contributed by atoms with E-state index in [1.165, 1.54) is 0 Å². The van der Waals surface area contributed by atoms with Crippen LogP contribution in [0.3, 0.4) is 0 Å². The molecule has 0 radical (unpaired) electrons. The summed E-state index contributed by atoms with van der Waals surface area (Å²) in [5.74, 6) is 2.09. The van der Waals surface area contributed by atoms with Crippen molar-refractivity contribution >= 4 is 6.09 Å². The van der Waals surface area contributed by atoms with Gasteiger partial charge in [-0.15, -0.1) is 0 Å². The van der Waals surface area contributed by atoms with Crippen molar-refractivity contribution < 1.29 is 23.7 Å². The zero-order valence-electron chi connectivity index (χ0n) is 15.4. The summed E-state index contributed by atoms with van der Waals surface area (Å²) in [7, 11) is 3.23. The highest BCUT2D eigenvalue weighted by Crippen LogP contribution is 2.48. The lowest BCUT2D eigenvalue weighted by Crippen LogP contribution is -2.37. The second-order valence-corrected chi connectivity index (χ2v) is 6.91. The Balaban J connectivity index is 2.09. The van der Waals surface area contributed by atoms with Gasteiger partial charge in [0, 0.05) is 16.5 Å². The molecule has 1 unspecified atom stereocenters. The van der Waals surface area contributed by atoms with Crippen LogP contribution in [-0.2, 0) is 4.74 Å². The van der Waals surface area contributed by atoms with Crippen LogP contribution >= 0.6 is 0 Å². The Hall–Kier alpha value is -2.89. The molecule has 1 aliphatic heterocycles. The fourth-order valence-corrected chi connectivity index (χ4v) is 3.17. The van der Waals surface area contributed by atoms with Crippen LogP contribution in [-0.4, -0.2) is 26.9 Å². The number of rotatable bonds is 4. The van der Waals surface area contributed by atoms with E-state index in [4.69, 9.17) is 24.7 Å². The summed E-state index contributed by atoms with van der Waals surface area (Å²) in [5, 5.41) is 0. The summed E-state index contributed by atoms with van der Waals surface area (Å²) >= 11 is 0. The predicted molar refractivity (Wildman–Crippen MR) is 97.7 cm³/mol. The maximum absolute atomic E-state index is 11.4. The van der Waals surface area contributed by atoms with Crippen LogP contribution in [0.2, 0.25) is 0 Å². The van der Waals surface area contributed by atoms with Gasteiger partial charge in [-0.1, -0.05) is 26.0 Å². The molecule has 1 amide bonds. The third-order valence-corrected chi connectivity index (χ3v) is 4.56. The van der Waals surface area contributed by atoms with Crippen LogP contribution in [0.5, 0.6) is 17.2 Å². The first kappa shape index (κ1) is 17.9. The SMILES string of the molecule is COc1ccc(-c2cc3c(cc2OC)C(OC(N)=O)C(C)(C)CO3)cc1. The molecular weight excluding hydrogens is 334 g/mol. The number of ether oxygens (including phenoxy) is 4. The summed E-state index contributed by atoms with van der Waals surface area (Å²) in [6.45, 7) is 4.34. The van der Waals surface area contributed by atoms with Gasteiger partial charge in [-0.25, -0.2) is 4.79 Å². The Morgan fingerprint density at radius 1 is 1.15 bits per heavy atom. The van der Waals surface area contributed by atoms with Crippen molar-refractivity contribution in [2.75, 3.05) is 20.8 Å². The molecule has 2 aromatic carbocycles. The topological polar surface area (TPSA) is 80.0 Å². The summed E-state index contributed by atoms with van der Waals surface area (Å²) < 4.78 is 22.1. The molecule has 0 bridgehead atoms. The number of primary amides is 1. The molecule has 0 saturated carbocycles. The van der Waals surface area contributed by atoms with E-state index in [1.54, 1.807) is 14.2 Å². The minimum atomic E-state index is -0.811. The number of carbonyl (C=O) groups is 1. The molecule has 1 aliphatic rings. The fourth-order valence-electron chi connectivity index (χ4n) is 3.17. The fraction of sp³-hybridized carbons (Fsp3) is 0.350. The third kappa shape index (κ3) is 3.27. The van der Waals surface area contributed by atoms with Crippen LogP contribution in [0, 0.1) is 5.41 Å². The molecule has 0 aromatic heterocycles. The molecule has 3 rings (SSSR count). The lowest BCUT2D eigenvalue weighted by molar-refractivity contribution is -0.0177. The van der Waals surface area contributed by atoms with Crippen molar-refractivity contribution in [2.24, 2.45) is 11.1 Å². The van der Waals surface area contributed by atoms with Gasteiger partial charge < -0.3 is 24.7 Å². The highest BCUT2D eigenvalue weighted by atomic mass is 16.6. The summed E-state index contributed by atoms with van der Waals surface area (Å²) in [5.41, 5.74) is 7.46. The minimum Gasteiger partial charge on any atom is -0.497 e. The first-order chi connectivity index (χ1) is 12.4. The van der Waals surface area contributed by atoms with E-state index >= 15 is 0 Å². The number of carbonyl (C=O) groups excluding carboxylic acids is 1. The number of methoxy groups -OCH3 is 2. The van der Waals surface area contributed by atoms with Gasteiger partial charge in [-0.05, 0) is 29.8 Å². The van der Waals surface area contributed by atoms with Crippen LogP contribution in [0.15, 0.2) is 36.4 Å². The quantitative estimate of drug-likeness (QED) is 0.897. The summed E-state index contributed by atoms with van der Waals surface area (Å²) in [4.78, 5) is 11.4. The van der Waals surface area contributed by atoms with Crippen LogP contribution in [0.25, 0.3) is 11.1 Å². The average molecular weight is 357 g/mol. The second kappa shape index (κ2) is 6.78. The van der Waals surface area contributed by atoms with Crippen molar-refractivity contribution in [2.45, 2.75) is 20.0 Å². The van der Waals surface area contributed by atoms with Crippen molar-refractivity contribution in [3.05, 3.63) is 42.0 Å². The van der Waals surface area contributed by atoms with Crippen molar-refractivity contribution in [3.63, 3.8) is 0 Å². The molecule has 6 heteroatoms. The summed E-state index contributed by atoms with van der Waals surface area (Å²) in [6, 6.07) is 11.4. The molecule has 138 valence electrons. The Kier molecular flexibility index (Phi) is 4.68. The molecule has 0 spiro atoms. The number of fused-ring (bicyclic) bond motifs is 1. The van der Waals surface area contributed by atoms with E-state index in [0.29, 0.717) is 18.1 Å². The minimum absolute atomic E-state index is 0.408. The van der Waals surface area contributed by atoms with Crippen LogP contribution in [0.1, 0.15) is 25.5 Å². The molecule has 0 fully saturated rings. The van der Waals surface area contributed by atoms with Crippen molar-refractivity contribution in [3.8, 4) is 28.4 Å². The monoisotopic (exact) mass is 357 g/mol. The lowest BCUT2D eigenvalue weighted by atomic mass is 9.80. The normalized spacial score (nSPS) is 17.6. The number of hydrogen-bond donors (Lipinski definition) is 1. The zero-order chi connectivity index (χ0) is 18.9. The average Bonchev–Trinajstić information content (AvgIpc) is 2.63. The van der Waals surface area contributed by atoms with E-state index in [9.17, 15) is 4.79 Å². The smallest absolute Gasteiger partial charge is 0.405 e. The molecule has 0 saturated heterocycles. The first-order valence-electron chi connectivity index (χ1n) is 8.31. The molecule has 2 N–H and O–H groups in total. The molecule has 26 heavy (non-hydrogen) atoms. The molecule has 0 aliphatic carbocycles. The number of hydrogen-bond acceptors (Lipinski definition) is 5. The zero-order valence-corrected chi connectivity index (χ0v) is 15.4. The highest BCUT2D eigenvalue weighted by Gasteiger charge is 2.41. The van der Waals surface area contributed by atoms with Gasteiger partial charge in [-0.3, -0.25) is 0 Å². The molecular formula is C20H23NO5. The van der Waals surface area contributed by atoms with Gasteiger partial charge in [0.05, 0.1) is 20.8 Å². The Bertz CT molecular complexity index is 814. The number of nitrogens with two attached hydrogens (primary N) is 1. The Morgan fingerprint density at radius 2 is 1.85 bits per heavy atom. The first-order valence-corrected chi connectivity index (χ1v) is 8.31. The third-order valence-electron chi connectivity index (χ3n) is 4.56. The van der Waals surface area contributed by atoms with Gasteiger partial charge in [0.2, 0.25) is 0 Å². The summed E-state index contributed by atoms with van der Waals surface area (Å²) in [6.07, 6.45) is -1.32. The number of amides is 1. The van der Waals surface area contributed by atoms with E-state index in [-0.39, 0.29) is 0 Å². The standard InChI is InChI=1S/C20H23NO5/c1-20(2)11-25-17-9-14(12-5-7-13(23-3)8-6-12)16(24-4)10-15(17)18(20)26-19(21)22/h5-10,18H,11H2,1-4H3,(H2,21,22). The maximum Gasteiger partial charge on any atom is 0.405 e. The number of benzene rings is 2. The van der Waals surface area contributed by atoms with Gasteiger partial charge in [0.1, 0.15) is 23.4 Å². The molecule has 2 aromatic rings. The van der Waals surface area contributed by atoms with E-state index < -0.39 is 17.6 Å². The molecule has 1 atom stereocenters. The van der Waals surface area contributed by atoms with E-state index in [1.807, 2.05) is 50.2 Å². The largest absolute Gasteiger partial charge is 0.497 e. The van der Waals surface area contributed by atoms with Crippen LogP contribution < -0.4 is 19.9 Å². The molecule has 6 nitrogen and oxygen atoms in total. The van der Waals surface area contributed by atoms with Crippen molar-refractivity contribution in [1.29, 1.82) is 0 Å². The Labute approximate surface area is 152 Å². The van der Waals surface area contributed by atoms with Gasteiger partial charge in [0.25, 0.3) is 0 Å². The predicted octanol–water partition coefficient (Wildman–Crippen LogP) is 3.93. The Morgan fingerprint density at radius 3 is 2.42 bits per heavy atom. The van der Waals surface area contributed by atoms with Gasteiger partial charge >= 0.3 is 6.09 Å². The van der Waals surface area contributed by atoms with E-state index in [0.717, 1.165) is 22.4 Å². The second-order valence-electron chi connectivity index (χ2n) is 6.91. The van der Waals surface area contributed by atoms with Gasteiger partial charge in [-0.2, -0.15) is 0 Å². The van der Waals surface area contributed by atoms with Crippen molar-refractivity contribution in [1.82, 2.24) is 0 Å². The van der Waals surface area contributed by atoms with Crippen LogP contribution in [0.4, 0.5) is 4.79 Å².